The quantitative estimate of drug-likeness (QED) is 0.469. The first-order valence-corrected chi connectivity index (χ1v) is 2.58. The molecule has 48 valence electrons. The Morgan fingerprint density at radius 3 is 2.67 bits per heavy atom. The van der Waals surface area contributed by atoms with Gasteiger partial charge < -0.3 is 0 Å². The smallest absolute Gasteiger partial charge is 0.143 e. The van der Waals surface area contributed by atoms with E-state index in [4.69, 9.17) is 0 Å². The summed E-state index contributed by atoms with van der Waals surface area (Å²) in [7, 11) is 0. The second kappa shape index (κ2) is 2.13. The summed E-state index contributed by atoms with van der Waals surface area (Å²) >= 11 is 0. The van der Waals surface area contributed by atoms with Crippen molar-refractivity contribution in [1.29, 1.82) is 0 Å². The van der Waals surface area contributed by atoms with E-state index in [2.05, 4.69) is 6.58 Å². The normalized spacial score (nSPS) is 26.2. The summed E-state index contributed by atoms with van der Waals surface area (Å²) in [5, 5.41) is 0. The molecule has 0 spiro atoms. The van der Waals surface area contributed by atoms with Crippen molar-refractivity contribution in [1.82, 2.24) is 0 Å². The van der Waals surface area contributed by atoms with Gasteiger partial charge >= 0.3 is 0 Å². The Morgan fingerprint density at radius 2 is 2.22 bits per heavy atom. The van der Waals surface area contributed by atoms with Gasteiger partial charge in [0.25, 0.3) is 0 Å². The van der Waals surface area contributed by atoms with Crippen molar-refractivity contribution in [2.75, 3.05) is 0 Å². The molecule has 1 atom stereocenters. The summed E-state index contributed by atoms with van der Waals surface area (Å²) in [5.41, 5.74) is 0.176. The average Bonchev–Trinajstić information content (AvgIpc) is 1.80. The number of hydrogen-bond donors (Lipinski definition) is 0. The van der Waals surface area contributed by atoms with Gasteiger partial charge in [0.05, 0.1) is 0 Å². The van der Waals surface area contributed by atoms with Crippen LogP contribution >= 0.6 is 0 Å². The van der Waals surface area contributed by atoms with Gasteiger partial charge in [-0.1, -0.05) is 6.58 Å². The third-order valence-corrected chi connectivity index (χ3v) is 1.10. The minimum atomic E-state index is -1.20. The van der Waals surface area contributed by atoms with E-state index in [0.717, 1.165) is 18.2 Å². The molecule has 0 aromatic rings. The second-order valence-electron chi connectivity index (χ2n) is 1.87. The van der Waals surface area contributed by atoms with E-state index in [9.17, 15) is 8.78 Å². The van der Waals surface area contributed by atoms with E-state index < -0.39 is 12.0 Å². The Bertz CT molecular complexity index is 189. The first kappa shape index (κ1) is 6.20. The van der Waals surface area contributed by atoms with Gasteiger partial charge in [0.1, 0.15) is 12.0 Å². The van der Waals surface area contributed by atoms with Gasteiger partial charge in [-0.25, -0.2) is 8.78 Å². The van der Waals surface area contributed by atoms with E-state index >= 15 is 0 Å². The molecule has 2 heteroatoms. The number of hydrogen-bond acceptors (Lipinski definition) is 0. The van der Waals surface area contributed by atoms with Crippen LogP contribution in [0, 0.1) is 0 Å². The number of rotatable bonds is 0. The maximum atomic E-state index is 12.4. The molecule has 0 nitrogen and oxygen atoms in total. The maximum Gasteiger partial charge on any atom is 0.143 e. The molecule has 1 aliphatic rings. The summed E-state index contributed by atoms with van der Waals surface area (Å²) in [6.45, 7) is 3.30. The number of halogens is 2. The van der Waals surface area contributed by atoms with Crippen molar-refractivity contribution in [3.63, 3.8) is 0 Å². The van der Waals surface area contributed by atoms with Crippen LogP contribution in [0.1, 0.15) is 0 Å². The molecular formula is C7H6F2. The summed E-state index contributed by atoms with van der Waals surface area (Å²) in [4.78, 5) is 0. The molecule has 0 aromatic carbocycles. The van der Waals surface area contributed by atoms with Crippen molar-refractivity contribution in [3.8, 4) is 0 Å². The Balaban J connectivity index is 2.82. The zero-order chi connectivity index (χ0) is 6.85. The van der Waals surface area contributed by atoms with Crippen molar-refractivity contribution >= 4 is 0 Å². The molecular weight excluding hydrogens is 122 g/mol. The average molecular weight is 128 g/mol. The topological polar surface area (TPSA) is 0 Å². The van der Waals surface area contributed by atoms with Crippen LogP contribution in [0.15, 0.2) is 36.2 Å². The highest BCUT2D eigenvalue weighted by Gasteiger charge is 2.09. The highest BCUT2D eigenvalue weighted by Crippen LogP contribution is 2.17. The Kier molecular flexibility index (Phi) is 1.47. The molecule has 1 unspecified atom stereocenters. The highest BCUT2D eigenvalue weighted by molar-refractivity contribution is 5.35. The summed E-state index contributed by atoms with van der Waals surface area (Å²) in [6.07, 6.45) is 2.12. The van der Waals surface area contributed by atoms with Crippen LogP contribution in [-0.4, -0.2) is 6.17 Å². The first-order chi connectivity index (χ1) is 4.20. The summed E-state index contributed by atoms with van der Waals surface area (Å²) in [6, 6.07) is 0. The third-order valence-electron chi connectivity index (χ3n) is 1.10. The van der Waals surface area contributed by atoms with Gasteiger partial charge in [-0.2, -0.15) is 0 Å². The van der Waals surface area contributed by atoms with Crippen LogP contribution in [0.5, 0.6) is 0 Å². The SMILES string of the molecule is C=C1C=C(F)C=CC1F. The van der Waals surface area contributed by atoms with Crippen LogP contribution in [0.25, 0.3) is 0 Å². The lowest BCUT2D eigenvalue weighted by Crippen LogP contribution is -2.00. The van der Waals surface area contributed by atoms with E-state index in [1.807, 2.05) is 0 Å². The van der Waals surface area contributed by atoms with E-state index in [0.29, 0.717) is 0 Å². The molecule has 0 bridgehead atoms. The minimum Gasteiger partial charge on any atom is -0.238 e. The van der Waals surface area contributed by atoms with Crippen LogP contribution < -0.4 is 0 Å². The molecule has 0 aliphatic heterocycles. The third kappa shape index (κ3) is 1.25. The van der Waals surface area contributed by atoms with Gasteiger partial charge in [0, 0.05) is 0 Å². The zero-order valence-corrected chi connectivity index (χ0v) is 4.77. The lowest BCUT2D eigenvalue weighted by molar-refractivity contribution is 0.450. The fourth-order valence-corrected chi connectivity index (χ4v) is 0.605. The fourth-order valence-electron chi connectivity index (χ4n) is 0.605. The lowest BCUT2D eigenvalue weighted by atomic mass is 10.1. The van der Waals surface area contributed by atoms with Crippen LogP contribution in [0.4, 0.5) is 8.78 Å². The molecule has 1 rings (SSSR count). The van der Waals surface area contributed by atoms with E-state index in [1.165, 1.54) is 0 Å². The number of allylic oxidation sites excluding steroid dienone is 5. The standard InChI is InChI=1S/C7H6F2/c1-5-4-6(8)2-3-7(5)9/h2-4,7H,1H2. The first-order valence-electron chi connectivity index (χ1n) is 2.58. The molecule has 0 saturated heterocycles. The van der Waals surface area contributed by atoms with Gasteiger partial charge in [-0.05, 0) is 23.8 Å². The van der Waals surface area contributed by atoms with Crippen LogP contribution in [0.3, 0.4) is 0 Å². The summed E-state index contributed by atoms with van der Waals surface area (Å²) < 4.78 is 24.5. The molecule has 0 radical (unpaired) electrons. The molecule has 0 aromatic heterocycles. The van der Waals surface area contributed by atoms with Crippen LogP contribution in [0.2, 0.25) is 0 Å². The zero-order valence-electron chi connectivity index (χ0n) is 4.77. The van der Waals surface area contributed by atoms with Gasteiger partial charge in [-0.3, -0.25) is 0 Å². The largest absolute Gasteiger partial charge is 0.238 e. The molecule has 0 fully saturated rings. The Morgan fingerprint density at radius 1 is 1.56 bits per heavy atom. The maximum absolute atomic E-state index is 12.4. The molecule has 1 aliphatic carbocycles. The second-order valence-corrected chi connectivity index (χ2v) is 1.87. The predicted octanol–water partition coefficient (Wildman–Crippen LogP) is 2.30. The lowest BCUT2D eigenvalue weighted by Gasteiger charge is -2.05. The van der Waals surface area contributed by atoms with Gasteiger partial charge in [-0.15, -0.1) is 0 Å². The van der Waals surface area contributed by atoms with Crippen molar-refractivity contribution < 1.29 is 8.78 Å². The summed E-state index contributed by atoms with van der Waals surface area (Å²) in [5.74, 6) is -0.436. The molecule has 0 saturated carbocycles. The monoisotopic (exact) mass is 128 g/mol. The molecule has 9 heavy (non-hydrogen) atoms. The Labute approximate surface area is 52.2 Å². The van der Waals surface area contributed by atoms with Gasteiger partial charge in [0.15, 0.2) is 0 Å². The van der Waals surface area contributed by atoms with E-state index in [-0.39, 0.29) is 5.57 Å². The van der Waals surface area contributed by atoms with Crippen molar-refractivity contribution in [3.05, 3.63) is 36.2 Å². The Hall–Kier alpha value is -0.920. The predicted molar refractivity (Wildman–Crippen MR) is 32.4 cm³/mol. The highest BCUT2D eigenvalue weighted by atomic mass is 19.1. The fraction of sp³-hybridized carbons (Fsp3) is 0.143. The van der Waals surface area contributed by atoms with Crippen molar-refractivity contribution in [2.45, 2.75) is 6.17 Å². The van der Waals surface area contributed by atoms with Crippen molar-refractivity contribution in [2.24, 2.45) is 0 Å². The molecule has 0 heterocycles. The number of alkyl halides is 1. The van der Waals surface area contributed by atoms with E-state index in [1.54, 1.807) is 0 Å². The molecule has 0 N–H and O–H groups in total. The minimum absolute atomic E-state index is 0.176. The van der Waals surface area contributed by atoms with Crippen LogP contribution in [-0.2, 0) is 0 Å². The van der Waals surface area contributed by atoms with Gasteiger partial charge in [0.2, 0.25) is 0 Å². The molecule has 0 amide bonds.